The van der Waals surface area contributed by atoms with E-state index in [9.17, 15) is 0 Å². The zero-order chi connectivity index (χ0) is 38.6. The Morgan fingerprint density at radius 2 is 1.00 bits per heavy atom. The summed E-state index contributed by atoms with van der Waals surface area (Å²) in [5, 5.41) is 10.8. The van der Waals surface area contributed by atoms with Gasteiger partial charge < -0.3 is 0 Å². The molecule has 6 heteroatoms. The maximum absolute atomic E-state index is 5.20. The number of para-hydroxylation sites is 3. The first-order chi connectivity index (χ1) is 29.2. The van der Waals surface area contributed by atoms with Crippen molar-refractivity contribution in [2.45, 2.75) is 9.79 Å². The fourth-order valence-corrected chi connectivity index (χ4v) is 10.3. The number of hydrogen-bond donors (Lipinski definition) is 0. The Bertz CT molecular complexity index is 3710. The molecule has 0 saturated heterocycles. The van der Waals surface area contributed by atoms with Gasteiger partial charge in [0.25, 0.3) is 0 Å². The van der Waals surface area contributed by atoms with E-state index in [1.807, 2.05) is 30.0 Å². The molecule has 0 bridgehead atoms. The first kappa shape index (κ1) is 32.5. The van der Waals surface area contributed by atoms with Crippen molar-refractivity contribution in [1.82, 2.24) is 24.1 Å². The second kappa shape index (κ2) is 12.5. The summed E-state index contributed by atoms with van der Waals surface area (Å²) in [7, 11) is 0. The minimum Gasteiger partial charge on any atom is -0.295 e. The first-order valence-electron chi connectivity index (χ1n) is 19.9. The van der Waals surface area contributed by atoms with E-state index in [1.165, 1.54) is 69.9 Å². The number of benzene rings is 9. The van der Waals surface area contributed by atoms with Gasteiger partial charge >= 0.3 is 0 Å². The maximum atomic E-state index is 5.20. The van der Waals surface area contributed by atoms with Crippen LogP contribution in [0.1, 0.15) is 0 Å². The van der Waals surface area contributed by atoms with Crippen LogP contribution in [-0.2, 0) is 0 Å². The van der Waals surface area contributed by atoms with Crippen molar-refractivity contribution in [3.63, 3.8) is 0 Å². The fraction of sp³-hybridized carbons (Fsp3) is 0. The Morgan fingerprint density at radius 1 is 0.373 bits per heavy atom. The van der Waals surface area contributed by atoms with Crippen molar-refractivity contribution >= 4 is 76.9 Å². The largest absolute Gasteiger partial charge is 0.295 e. The Morgan fingerprint density at radius 3 is 1.86 bits per heavy atom. The van der Waals surface area contributed by atoms with Gasteiger partial charge in [-0.2, -0.15) is 0 Å². The van der Waals surface area contributed by atoms with Crippen LogP contribution in [-0.4, -0.2) is 24.1 Å². The fourth-order valence-electron chi connectivity index (χ4n) is 9.19. The van der Waals surface area contributed by atoms with E-state index in [2.05, 4.69) is 179 Å². The van der Waals surface area contributed by atoms with E-state index in [1.54, 1.807) is 0 Å². The van der Waals surface area contributed by atoms with E-state index < -0.39 is 0 Å². The number of fused-ring (bicyclic) bond motifs is 11. The predicted octanol–water partition coefficient (Wildman–Crippen LogP) is 13.8. The Hall–Kier alpha value is -7.54. The highest BCUT2D eigenvalue weighted by molar-refractivity contribution is 7.99. The van der Waals surface area contributed by atoms with Crippen LogP contribution in [0, 0.1) is 0 Å². The van der Waals surface area contributed by atoms with E-state index in [0.717, 1.165) is 33.2 Å². The summed E-state index contributed by atoms with van der Waals surface area (Å²) in [5.41, 5.74) is 8.76. The molecule has 0 atom stereocenters. The van der Waals surface area contributed by atoms with Crippen molar-refractivity contribution in [2.24, 2.45) is 0 Å². The lowest BCUT2D eigenvalue weighted by atomic mass is 10.00. The van der Waals surface area contributed by atoms with Gasteiger partial charge in [-0.25, -0.2) is 15.0 Å². The molecule has 274 valence electrons. The number of hydrogen-bond acceptors (Lipinski definition) is 4. The summed E-state index contributed by atoms with van der Waals surface area (Å²) in [6.45, 7) is 0. The standard InChI is InChI=1S/C53H31N5S/c1-2-12-35(13-3-1)50-54-51(56-52(55-50)37-26-24-34-23-22-33-11-4-5-14-40(33)43(34)31-37)36-25-21-32-27-28-39(30-38(32)29-36)57-44-17-7-6-15-41(44)48-42-16-10-20-47-49(42)58(53(48)57)45-18-8-9-19-46(45)59-47/h1-31H. The van der Waals surface area contributed by atoms with Gasteiger partial charge in [-0.1, -0.05) is 151 Å². The van der Waals surface area contributed by atoms with E-state index in [4.69, 9.17) is 15.0 Å². The maximum Gasteiger partial charge on any atom is 0.164 e. The minimum absolute atomic E-state index is 0.636. The van der Waals surface area contributed by atoms with Gasteiger partial charge in [-0.15, -0.1) is 0 Å². The van der Waals surface area contributed by atoms with Crippen molar-refractivity contribution in [1.29, 1.82) is 0 Å². The quantitative estimate of drug-likeness (QED) is 0.167. The molecular weight excluding hydrogens is 739 g/mol. The normalized spacial score (nSPS) is 12.3. The summed E-state index contributed by atoms with van der Waals surface area (Å²) in [6.07, 6.45) is 0. The van der Waals surface area contributed by atoms with Gasteiger partial charge in [-0.05, 0) is 80.8 Å². The van der Waals surface area contributed by atoms with Gasteiger partial charge in [0.2, 0.25) is 0 Å². The monoisotopic (exact) mass is 769 g/mol. The van der Waals surface area contributed by atoms with E-state index >= 15 is 0 Å². The zero-order valence-corrected chi connectivity index (χ0v) is 32.4. The lowest BCUT2D eigenvalue weighted by Gasteiger charge is -2.21. The van der Waals surface area contributed by atoms with E-state index in [-0.39, 0.29) is 0 Å². The first-order valence-corrected chi connectivity index (χ1v) is 20.7. The highest BCUT2D eigenvalue weighted by Gasteiger charge is 2.27. The predicted molar refractivity (Wildman–Crippen MR) is 244 cm³/mol. The Balaban J connectivity index is 1.02. The lowest BCUT2D eigenvalue weighted by Crippen LogP contribution is -2.05. The van der Waals surface area contributed by atoms with Crippen LogP contribution in [0.2, 0.25) is 0 Å². The van der Waals surface area contributed by atoms with Crippen molar-refractivity contribution in [2.75, 3.05) is 0 Å². The number of rotatable bonds is 4. The van der Waals surface area contributed by atoms with Crippen LogP contribution in [0.25, 0.3) is 111 Å². The Kier molecular flexibility index (Phi) is 6.88. The third-order valence-electron chi connectivity index (χ3n) is 11.9. The SMILES string of the molecule is c1ccc(-c2nc(-c3ccc4ccc(-n5c6ccccc6c6c7cccc8c7n(c65)-c5ccccc5S8)cc4c3)nc(-c3ccc4ccc5ccccc5c4c3)n2)cc1. The average molecular weight is 770 g/mol. The highest BCUT2D eigenvalue weighted by atomic mass is 32.2. The molecule has 3 aromatic heterocycles. The number of nitrogens with zero attached hydrogens (tertiary/aromatic N) is 5. The second-order valence-corrected chi connectivity index (χ2v) is 16.3. The second-order valence-electron chi connectivity index (χ2n) is 15.2. The van der Waals surface area contributed by atoms with Crippen LogP contribution in [0.4, 0.5) is 0 Å². The van der Waals surface area contributed by atoms with E-state index in [0.29, 0.717) is 17.5 Å². The molecule has 0 amide bonds. The zero-order valence-electron chi connectivity index (χ0n) is 31.5. The van der Waals surface area contributed by atoms with Crippen molar-refractivity contribution < 1.29 is 0 Å². The van der Waals surface area contributed by atoms with Gasteiger partial charge in [-0.3, -0.25) is 9.13 Å². The molecule has 12 aromatic rings. The smallest absolute Gasteiger partial charge is 0.164 e. The van der Waals surface area contributed by atoms with Crippen LogP contribution < -0.4 is 0 Å². The van der Waals surface area contributed by atoms with Gasteiger partial charge in [0.1, 0.15) is 5.65 Å². The molecule has 4 heterocycles. The van der Waals surface area contributed by atoms with Crippen LogP contribution in [0.5, 0.6) is 0 Å². The number of aromatic nitrogens is 5. The Labute approximate surface area is 342 Å². The molecule has 0 N–H and O–H groups in total. The molecule has 0 aliphatic carbocycles. The van der Waals surface area contributed by atoms with Gasteiger partial charge in [0.15, 0.2) is 17.5 Å². The minimum atomic E-state index is 0.636. The molecule has 1 aliphatic rings. The summed E-state index contributed by atoms with van der Waals surface area (Å²) in [4.78, 5) is 17.9. The molecule has 13 rings (SSSR count). The van der Waals surface area contributed by atoms with Crippen LogP contribution in [0.15, 0.2) is 198 Å². The van der Waals surface area contributed by atoms with Crippen LogP contribution >= 0.6 is 11.8 Å². The molecule has 0 spiro atoms. The third kappa shape index (κ3) is 4.90. The van der Waals surface area contributed by atoms with Crippen molar-refractivity contribution in [3.05, 3.63) is 188 Å². The summed E-state index contributed by atoms with van der Waals surface area (Å²) in [5.74, 6) is 1.92. The summed E-state index contributed by atoms with van der Waals surface area (Å²) in [6, 6.07) is 67.2. The molecule has 9 aromatic carbocycles. The molecule has 0 saturated carbocycles. The summed E-state index contributed by atoms with van der Waals surface area (Å²) >= 11 is 1.86. The molecule has 0 unspecified atom stereocenters. The topological polar surface area (TPSA) is 48.5 Å². The molecule has 0 radical (unpaired) electrons. The molecule has 0 fully saturated rings. The molecule has 59 heavy (non-hydrogen) atoms. The lowest BCUT2D eigenvalue weighted by molar-refractivity contribution is 1.03. The van der Waals surface area contributed by atoms with Crippen LogP contribution in [0.3, 0.4) is 0 Å². The summed E-state index contributed by atoms with van der Waals surface area (Å²) < 4.78 is 4.94. The van der Waals surface area contributed by atoms with Gasteiger partial charge in [0, 0.05) is 48.3 Å². The third-order valence-corrected chi connectivity index (χ3v) is 13.0. The average Bonchev–Trinajstić information content (AvgIpc) is 3.83. The molecule has 5 nitrogen and oxygen atoms in total. The van der Waals surface area contributed by atoms with Gasteiger partial charge in [0.05, 0.1) is 16.7 Å². The molecule has 1 aliphatic heterocycles. The molecular formula is C53H31N5S. The van der Waals surface area contributed by atoms with Crippen molar-refractivity contribution in [3.8, 4) is 45.5 Å². The highest BCUT2D eigenvalue weighted by Crippen LogP contribution is 2.49.